The molecule has 30 heavy (non-hydrogen) atoms. The number of hydrogen-bond acceptors (Lipinski definition) is 5. The summed E-state index contributed by atoms with van der Waals surface area (Å²) in [7, 11) is 0. The van der Waals surface area contributed by atoms with Crippen LogP contribution in [0.25, 0.3) is 22.2 Å². The van der Waals surface area contributed by atoms with E-state index < -0.39 is 11.5 Å². The molecule has 0 aliphatic rings. The molecule has 0 aliphatic carbocycles. The number of aromatic nitrogens is 2. The monoisotopic (exact) mass is 421 g/mol. The number of hydrogen-bond donors (Lipinski definition) is 1. The van der Waals surface area contributed by atoms with E-state index in [2.05, 4.69) is 10.4 Å². The fraction of sp³-hybridized carbons (Fsp3) is 0.0909. The molecule has 7 nitrogen and oxygen atoms in total. The number of nitrogens with one attached hydrogen (secondary N) is 1. The van der Waals surface area contributed by atoms with Gasteiger partial charge in [-0.3, -0.25) is 9.59 Å². The third-order valence-electron chi connectivity index (χ3n) is 4.50. The van der Waals surface area contributed by atoms with Crippen molar-refractivity contribution in [3.05, 3.63) is 98.1 Å². The van der Waals surface area contributed by atoms with E-state index in [0.717, 1.165) is 5.56 Å². The minimum absolute atomic E-state index is 0.0936. The second-order valence-corrected chi connectivity index (χ2v) is 6.96. The van der Waals surface area contributed by atoms with Crippen LogP contribution in [0.1, 0.15) is 10.4 Å². The number of halogens is 1. The van der Waals surface area contributed by atoms with Crippen LogP contribution in [-0.4, -0.2) is 22.2 Å². The van der Waals surface area contributed by atoms with Crippen LogP contribution < -0.4 is 16.5 Å². The van der Waals surface area contributed by atoms with Gasteiger partial charge in [0.05, 0.1) is 12.2 Å². The first-order valence-electron chi connectivity index (χ1n) is 9.16. The lowest BCUT2D eigenvalue weighted by Gasteiger charge is -2.09. The largest absolute Gasteiger partial charge is 0.422 e. The average Bonchev–Trinajstić information content (AvgIpc) is 2.75. The molecule has 0 atom stereocenters. The summed E-state index contributed by atoms with van der Waals surface area (Å²) in [5.74, 6) is -0.573. The molecular weight excluding hydrogens is 406 g/mol. The highest BCUT2D eigenvalue weighted by Crippen LogP contribution is 2.18. The first-order valence-corrected chi connectivity index (χ1v) is 9.54. The number of fused-ring (bicyclic) bond motifs is 1. The minimum atomic E-state index is -0.716. The zero-order valence-corrected chi connectivity index (χ0v) is 16.4. The van der Waals surface area contributed by atoms with Crippen molar-refractivity contribution in [1.29, 1.82) is 0 Å². The molecule has 1 amide bonds. The van der Waals surface area contributed by atoms with Gasteiger partial charge < -0.3 is 9.73 Å². The highest BCUT2D eigenvalue weighted by molar-refractivity contribution is 6.30. The number of carbonyl (C=O) groups excluding carboxylic acids is 1. The summed E-state index contributed by atoms with van der Waals surface area (Å²) in [6.45, 7) is 0.257. The predicted octanol–water partition coefficient (Wildman–Crippen LogP) is 3.10. The van der Waals surface area contributed by atoms with E-state index in [-0.39, 0.29) is 24.2 Å². The molecule has 0 unspecified atom stereocenters. The topological polar surface area (TPSA) is 94.2 Å². The molecule has 0 spiro atoms. The minimum Gasteiger partial charge on any atom is -0.422 e. The van der Waals surface area contributed by atoms with Crippen molar-refractivity contribution < 1.29 is 9.21 Å². The normalized spacial score (nSPS) is 10.8. The summed E-state index contributed by atoms with van der Waals surface area (Å²) >= 11 is 5.90. The molecule has 0 saturated carbocycles. The van der Waals surface area contributed by atoms with Gasteiger partial charge >= 0.3 is 5.63 Å². The Labute approximate surface area is 175 Å². The van der Waals surface area contributed by atoms with Gasteiger partial charge in [0, 0.05) is 28.6 Å². The molecule has 0 radical (unpaired) electrons. The molecule has 4 aromatic rings. The average molecular weight is 422 g/mol. The SMILES string of the molecule is O=C(NCCn1nc(-c2ccc(Cl)cc2)ccc1=O)c1cc2ccccc2oc1=O. The van der Waals surface area contributed by atoms with Gasteiger partial charge in [0.1, 0.15) is 11.1 Å². The summed E-state index contributed by atoms with van der Waals surface area (Å²) < 4.78 is 6.43. The Morgan fingerprint density at radius 3 is 2.60 bits per heavy atom. The van der Waals surface area contributed by atoms with E-state index in [4.69, 9.17) is 16.0 Å². The molecule has 2 aromatic carbocycles. The standard InChI is InChI=1S/C22H16ClN3O4/c23-16-7-5-14(6-8-16)18-9-10-20(27)26(25-18)12-11-24-21(28)17-13-15-3-1-2-4-19(15)30-22(17)29/h1-10,13H,11-12H2,(H,24,28). The van der Waals surface area contributed by atoms with Crippen LogP contribution in [0.3, 0.4) is 0 Å². The van der Waals surface area contributed by atoms with E-state index in [1.165, 1.54) is 16.8 Å². The zero-order chi connectivity index (χ0) is 21.1. The van der Waals surface area contributed by atoms with Gasteiger partial charge in [-0.05, 0) is 30.3 Å². The van der Waals surface area contributed by atoms with Crippen molar-refractivity contribution in [3.8, 4) is 11.3 Å². The Morgan fingerprint density at radius 1 is 1.03 bits per heavy atom. The zero-order valence-electron chi connectivity index (χ0n) is 15.7. The molecule has 0 bridgehead atoms. The van der Waals surface area contributed by atoms with Crippen LogP contribution >= 0.6 is 11.6 Å². The van der Waals surface area contributed by atoms with Crippen molar-refractivity contribution in [2.45, 2.75) is 6.54 Å². The van der Waals surface area contributed by atoms with E-state index >= 15 is 0 Å². The van der Waals surface area contributed by atoms with E-state index in [0.29, 0.717) is 21.7 Å². The summed E-state index contributed by atoms with van der Waals surface area (Å²) in [6, 6.07) is 18.6. The number of amides is 1. The van der Waals surface area contributed by atoms with Gasteiger partial charge in [0.25, 0.3) is 11.5 Å². The molecule has 0 saturated heterocycles. The van der Waals surface area contributed by atoms with Crippen LogP contribution in [0.2, 0.25) is 5.02 Å². The molecule has 150 valence electrons. The Morgan fingerprint density at radius 2 is 1.80 bits per heavy atom. The van der Waals surface area contributed by atoms with Crippen molar-refractivity contribution in [2.75, 3.05) is 6.54 Å². The molecule has 2 aromatic heterocycles. The lowest BCUT2D eigenvalue weighted by atomic mass is 10.1. The first kappa shape index (κ1) is 19.6. The van der Waals surface area contributed by atoms with Crippen molar-refractivity contribution >= 4 is 28.5 Å². The van der Waals surface area contributed by atoms with Gasteiger partial charge in [-0.1, -0.05) is 41.9 Å². The van der Waals surface area contributed by atoms with Crippen LogP contribution in [-0.2, 0) is 6.54 Å². The van der Waals surface area contributed by atoms with Crippen molar-refractivity contribution in [1.82, 2.24) is 15.1 Å². The fourth-order valence-corrected chi connectivity index (χ4v) is 3.10. The fourth-order valence-electron chi connectivity index (χ4n) is 2.97. The Balaban J connectivity index is 1.48. The van der Waals surface area contributed by atoms with Gasteiger partial charge in [-0.25, -0.2) is 9.48 Å². The third kappa shape index (κ3) is 4.16. The van der Waals surface area contributed by atoms with Crippen LogP contribution in [0.5, 0.6) is 0 Å². The van der Waals surface area contributed by atoms with Gasteiger partial charge in [-0.2, -0.15) is 5.10 Å². The van der Waals surface area contributed by atoms with E-state index in [1.54, 1.807) is 54.6 Å². The molecule has 4 rings (SSSR count). The van der Waals surface area contributed by atoms with Gasteiger partial charge in [0.2, 0.25) is 0 Å². The Bertz CT molecular complexity index is 1340. The van der Waals surface area contributed by atoms with Gasteiger partial charge in [0.15, 0.2) is 0 Å². The van der Waals surface area contributed by atoms with E-state index in [1.807, 2.05) is 0 Å². The summed E-state index contributed by atoms with van der Waals surface area (Å²) in [5, 5.41) is 8.21. The second-order valence-electron chi connectivity index (χ2n) is 6.53. The highest BCUT2D eigenvalue weighted by atomic mass is 35.5. The molecule has 0 fully saturated rings. The smallest absolute Gasteiger partial charge is 0.349 e. The van der Waals surface area contributed by atoms with Crippen molar-refractivity contribution in [3.63, 3.8) is 0 Å². The van der Waals surface area contributed by atoms with E-state index in [9.17, 15) is 14.4 Å². The number of nitrogens with zero attached hydrogens (tertiary/aromatic N) is 2. The summed E-state index contributed by atoms with van der Waals surface area (Å²) in [6.07, 6.45) is 0. The molecule has 2 heterocycles. The third-order valence-corrected chi connectivity index (χ3v) is 4.75. The van der Waals surface area contributed by atoms with Gasteiger partial charge in [-0.15, -0.1) is 0 Å². The van der Waals surface area contributed by atoms with Crippen LogP contribution in [0, 0.1) is 0 Å². The first-order chi connectivity index (χ1) is 14.5. The maximum Gasteiger partial charge on any atom is 0.349 e. The quantitative estimate of drug-likeness (QED) is 0.500. The molecule has 0 aliphatic heterocycles. The summed E-state index contributed by atoms with van der Waals surface area (Å²) in [5.41, 5.74) is 0.717. The predicted molar refractivity (Wildman–Crippen MR) is 114 cm³/mol. The maximum atomic E-state index is 12.4. The maximum absolute atomic E-state index is 12.4. The Hall–Kier alpha value is -3.71. The van der Waals surface area contributed by atoms with Crippen LogP contribution in [0.4, 0.5) is 0 Å². The number of rotatable bonds is 5. The lowest BCUT2D eigenvalue weighted by Crippen LogP contribution is -2.33. The Kier molecular flexibility index (Phi) is 5.45. The highest BCUT2D eigenvalue weighted by Gasteiger charge is 2.13. The number of para-hydroxylation sites is 1. The molecule has 8 heteroatoms. The second kappa shape index (κ2) is 8.34. The molecule has 1 N–H and O–H groups in total. The summed E-state index contributed by atoms with van der Waals surface area (Å²) in [4.78, 5) is 36.6. The number of carbonyl (C=O) groups is 1. The lowest BCUT2D eigenvalue weighted by molar-refractivity contribution is 0.0948. The van der Waals surface area contributed by atoms with Crippen LogP contribution in [0.15, 0.2) is 80.7 Å². The number of benzene rings is 2. The molecular formula is C22H16ClN3O4. The van der Waals surface area contributed by atoms with Crippen molar-refractivity contribution in [2.24, 2.45) is 0 Å².